The second kappa shape index (κ2) is 23.5. The number of cyclic esters (lactones) is 1. The molecule has 0 aromatic carbocycles. The smallest absolute Gasteiger partial charge is 0.379 e. The summed E-state index contributed by atoms with van der Waals surface area (Å²) >= 11 is 0. The molecule has 1 rings (SSSR count). The van der Waals surface area contributed by atoms with E-state index in [9.17, 15) is 24.3 Å². The number of aliphatic hydroxyl groups is 1. The lowest BCUT2D eigenvalue weighted by Gasteiger charge is -2.24. The highest BCUT2D eigenvalue weighted by Crippen LogP contribution is 2.23. The highest BCUT2D eigenvalue weighted by atomic mass is 16.6. The van der Waals surface area contributed by atoms with Crippen LogP contribution in [0.4, 0.5) is 0 Å². The van der Waals surface area contributed by atoms with E-state index in [4.69, 9.17) is 14.2 Å². The summed E-state index contributed by atoms with van der Waals surface area (Å²) in [6.45, 7) is 8.35. The van der Waals surface area contributed by atoms with Crippen LogP contribution in [-0.4, -0.2) is 53.7 Å². The summed E-state index contributed by atoms with van der Waals surface area (Å²) in [5.74, 6) is -1.76. The number of ether oxygens (including phenoxy) is 3. The van der Waals surface area contributed by atoms with E-state index in [-0.39, 0.29) is 12.8 Å². The van der Waals surface area contributed by atoms with Gasteiger partial charge in [-0.2, -0.15) is 0 Å². The van der Waals surface area contributed by atoms with E-state index in [1.54, 1.807) is 0 Å². The van der Waals surface area contributed by atoms with Gasteiger partial charge in [0.1, 0.15) is 0 Å². The molecule has 1 heterocycles. The lowest BCUT2D eigenvalue weighted by molar-refractivity contribution is -0.173. The van der Waals surface area contributed by atoms with E-state index in [0.29, 0.717) is 12.8 Å². The van der Waals surface area contributed by atoms with Gasteiger partial charge in [0.25, 0.3) is 5.78 Å². The molecule has 8 heteroatoms. The van der Waals surface area contributed by atoms with Gasteiger partial charge in [0.2, 0.25) is 6.10 Å². The molecular formula is C34H60O8. The third kappa shape index (κ3) is 17.9. The van der Waals surface area contributed by atoms with Crippen LogP contribution < -0.4 is 0 Å². The Bertz CT molecular complexity index is 763. The standard InChI is InChI=1S/C34H60O8/c1-26(2)21-17-13-9-5-7-11-15-19-23-29(36)40-28(25-35)32-33(31(38)34(39)42-32)41-30(37)24-20-16-12-8-6-10-14-18-22-27(3)4/h26-28,32-33,35H,5-25H2,1-4H3/t28-,32+,33?/m0/s1. The molecule has 1 N–H and O–H groups in total. The zero-order chi connectivity index (χ0) is 31.2. The fourth-order valence-corrected chi connectivity index (χ4v) is 5.30. The molecule has 8 nitrogen and oxygen atoms in total. The van der Waals surface area contributed by atoms with Gasteiger partial charge >= 0.3 is 17.9 Å². The molecule has 1 unspecified atom stereocenters. The molecule has 0 aromatic rings. The SMILES string of the molecule is CC(C)CCCCCCCCCCC(=O)OC1C(=O)C(=O)O[C@@H]1[C@H](CO)OC(=O)CCCCCCCCCCC(C)C. The Labute approximate surface area is 255 Å². The van der Waals surface area contributed by atoms with Gasteiger partial charge in [0.05, 0.1) is 6.61 Å². The summed E-state index contributed by atoms with van der Waals surface area (Å²) in [4.78, 5) is 49.1. The highest BCUT2D eigenvalue weighted by Gasteiger charge is 2.51. The molecule has 0 aliphatic carbocycles. The van der Waals surface area contributed by atoms with Crippen LogP contribution in [0.15, 0.2) is 0 Å². The van der Waals surface area contributed by atoms with Crippen LogP contribution in [0.5, 0.6) is 0 Å². The first-order valence-electron chi connectivity index (χ1n) is 16.9. The van der Waals surface area contributed by atoms with Crippen LogP contribution in [0.1, 0.15) is 156 Å². The number of hydrogen-bond donors (Lipinski definition) is 1. The largest absolute Gasteiger partial charge is 0.456 e. The van der Waals surface area contributed by atoms with E-state index < -0.39 is 48.6 Å². The average Bonchev–Trinajstić information content (AvgIpc) is 3.21. The Balaban J connectivity index is 2.28. The van der Waals surface area contributed by atoms with E-state index in [1.807, 2.05) is 0 Å². The zero-order valence-electron chi connectivity index (χ0n) is 27.0. The zero-order valence-corrected chi connectivity index (χ0v) is 27.0. The molecular weight excluding hydrogens is 536 g/mol. The van der Waals surface area contributed by atoms with Crippen molar-refractivity contribution in [2.24, 2.45) is 11.8 Å². The minimum Gasteiger partial charge on any atom is -0.456 e. The quantitative estimate of drug-likeness (QED) is 0.0475. The van der Waals surface area contributed by atoms with Crippen LogP contribution in [-0.2, 0) is 33.4 Å². The Hall–Kier alpha value is -1.96. The minimum atomic E-state index is -1.51. The van der Waals surface area contributed by atoms with E-state index >= 15 is 0 Å². The maximum Gasteiger partial charge on any atom is 0.379 e. The maximum atomic E-state index is 12.4. The van der Waals surface area contributed by atoms with Crippen LogP contribution in [0.25, 0.3) is 0 Å². The van der Waals surface area contributed by atoms with E-state index in [2.05, 4.69) is 27.7 Å². The third-order valence-electron chi connectivity index (χ3n) is 7.91. The van der Waals surface area contributed by atoms with Gasteiger partial charge in [-0.25, -0.2) is 4.79 Å². The summed E-state index contributed by atoms with van der Waals surface area (Å²) < 4.78 is 15.7. The number of aliphatic hydroxyl groups excluding tert-OH is 1. The molecule has 0 aromatic heterocycles. The predicted octanol–water partition coefficient (Wildman–Crippen LogP) is 7.41. The topological polar surface area (TPSA) is 116 Å². The summed E-state index contributed by atoms with van der Waals surface area (Å²) in [5.41, 5.74) is 0. The Morgan fingerprint density at radius 2 is 1.07 bits per heavy atom. The van der Waals surface area contributed by atoms with E-state index in [1.165, 1.54) is 64.2 Å². The molecule has 0 amide bonds. The first-order valence-corrected chi connectivity index (χ1v) is 16.9. The number of carbonyl (C=O) groups is 4. The van der Waals surface area contributed by atoms with Crippen LogP contribution in [0.3, 0.4) is 0 Å². The van der Waals surface area contributed by atoms with Crippen LogP contribution in [0.2, 0.25) is 0 Å². The molecule has 244 valence electrons. The minimum absolute atomic E-state index is 0.126. The van der Waals surface area contributed by atoms with Gasteiger partial charge in [-0.15, -0.1) is 0 Å². The molecule has 1 aliphatic heterocycles. The number of carbonyl (C=O) groups excluding carboxylic acids is 4. The Morgan fingerprint density at radius 3 is 1.50 bits per heavy atom. The second-order valence-corrected chi connectivity index (χ2v) is 12.9. The number of ketones is 1. The van der Waals surface area contributed by atoms with Crippen molar-refractivity contribution in [3.63, 3.8) is 0 Å². The van der Waals surface area contributed by atoms with Crippen molar-refractivity contribution in [2.75, 3.05) is 6.61 Å². The number of unbranched alkanes of at least 4 members (excludes halogenated alkanes) is 14. The summed E-state index contributed by atoms with van der Waals surface area (Å²) in [6, 6.07) is 0. The van der Waals surface area contributed by atoms with Gasteiger partial charge in [-0.1, -0.05) is 130 Å². The Morgan fingerprint density at radius 1 is 0.667 bits per heavy atom. The van der Waals surface area contributed by atoms with E-state index in [0.717, 1.165) is 50.4 Å². The average molecular weight is 597 g/mol. The monoisotopic (exact) mass is 596 g/mol. The van der Waals surface area contributed by atoms with Crippen molar-refractivity contribution in [2.45, 2.75) is 174 Å². The lowest BCUT2D eigenvalue weighted by atomic mass is 10.0. The molecule has 1 aliphatic rings. The van der Waals surface area contributed by atoms with Crippen molar-refractivity contribution >= 4 is 23.7 Å². The van der Waals surface area contributed by atoms with Crippen molar-refractivity contribution in [3.8, 4) is 0 Å². The molecule has 3 atom stereocenters. The van der Waals surface area contributed by atoms with Crippen molar-refractivity contribution in [1.82, 2.24) is 0 Å². The van der Waals surface area contributed by atoms with Gasteiger partial charge < -0.3 is 19.3 Å². The van der Waals surface area contributed by atoms with Crippen molar-refractivity contribution < 1.29 is 38.5 Å². The van der Waals surface area contributed by atoms with Crippen molar-refractivity contribution in [1.29, 1.82) is 0 Å². The van der Waals surface area contributed by atoms with Gasteiger partial charge in [-0.3, -0.25) is 14.4 Å². The fourth-order valence-electron chi connectivity index (χ4n) is 5.30. The number of hydrogen-bond acceptors (Lipinski definition) is 8. The molecule has 42 heavy (non-hydrogen) atoms. The normalized spacial score (nSPS) is 17.6. The van der Waals surface area contributed by atoms with Gasteiger partial charge in [-0.05, 0) is 24.7 Å². The first kappa shape index (κ1) is 38.1. The highest BCUT2D eigenvalue weighted by molar-refractivity contribution is 6.37. The molecule has 0 radical (unpaired) electrons. The summed E-state index contributed by atoms with van der Waals surface area (Å²) in [6.07, 6.45) is 16.2. The maximum absolute atomic E-state index is 12.4. The van der Waals surface area contributed by atoms with Crippen LogP contribution in [0, 0.1) is 11.8 Å². The summed E-state index contributed by atoms with van der Waals surface area (Å²) in [7, 11) is 0. The number of esters is 3. The first-order chi connectivity index (χ1) is 20.1. The molecule has 0 spiro atoms. The van der Waals surface area contributed by atoms with Crippen molar-refractivity contribution in [3.05, 3.63) is 0 Å². The molecule has 0 saturated carbocycles. The Kier molecular flexibility index (Phi) is 21.3. The summed E-state index contributed by atoms with van der Waals surface area (Å²) in [5, 5.41) is 9.82. The lowest BCUT2D eigenvalue weighted by Crippen LogP contribution is -2.44. The second-order valence-electron chi connectivity index (χ2n) is 12.9. The number of rotatable bonds is 26. The molecule has 1 saturated heterocycles. The number of Topliss-reactive ketones (excluding diaryl/α,β-unsaturated/α-hetero) is 1. The predicted molar refractivity (Wildman–Crippen MR) is 164 cm³/mol. The molecule has 1 fully saturated rings. The van der Waals surface area contributed by atoms with Crippen LogP contribution >= 0.6 is 0 Å². The third-order valence-corrected chi connectivity index (χ3v) is 7.91. The molecule has 0 bridgehead atoms. The van der Waals surface area contributed by atoms with Gasteiger partial charge in [0.15, 0.2) is 12.2 Å². The fraction of sp³-hybridized carbons (Fsp3) is 0.882. The van der Waals surface area contributed by atoms with Gasteiger partial charge in [0, 0.05) is 12.8 Å².